The molecule has 0 radical (unpaired) electrons. The number of likely N-dealkylation sites (tertiary alicyclic amines) is 2. The first-order valence-electron chi connectivity index (χ1n) is 8.33. The zero-order valence-corrected chi connectivity index (χ0v) is 14.7. The molecule has 7 heteroatoms. The maximum absolute atomic E-state index is 12.9. The number of carbonyl (C=O) groups is 1. The highest BCUT2D eigenvalue weighted by molar-refractivity contribution is 7.86. The van der Waals surface area contributed by atoms with Crippen LogP contribution in [0.25, 0.3) is 0 Å². The summed E-state index contributed by atoms with van der Waals surface area (Å²) < 4.78 is 34.6. The van der Waals surface area contributed by atoms with Crippen LogP contribution in [-0.4, -0.2) is 56.3 Å². The summed E-state index contributed by atoms with van der Waals surface area (Å²) in [6.07, 6.45) is 4.34. The van der Waals surface area contributed by atoms with E-state index in [1.54, 1.807) is 0 Å². The van der Waals surface area contributed by atoms with Crippen molar-refractivity contribution in [1.82, 2.24) is 9.80 Å². The highest BCUT2D eigenvalue weighted by Gasteiger charge is 2.44. The van der Waals surface area contributed by atoms with Gasteiger partial charge in [-0.3, -0.25) is 4.79 Å². The molecule has 0 unspecified atom stereocenters. The third-order valence-corrected chi connectivity index (χ3v) is 6.21. The summed E-state index contributed by atoms with van der Waals surface area (Å²) in [7, 11) is -2.59. The van der Waals surface area contributed by atoms with Crippen LogP contribution in [0.5, 0.6) is 0 Å². The second kappa shape index (κ2) is 6.44. The molecule has 2 heterocycles. The normalized spacial score (nSPS) is 21.3. The molecular weight excluding hydrogens is 331 g/mol. The highest BCUT2D eigenvalue weighted by atomic mass is 32.3. The SMILES string of the molecule is CN1CCC2(CCCN2C(=O)Cc2ccc(S(=O)(=O)F)cc2)CC1. The Bertz CT molecular complexity index is 710. The second-order valence-corrected chi connectivity index (χ2v) is 8.28. The average molecular weight is 354 g/mol. The zero-order chi connectivity index (χ0) is 17.4. The van der Waals surface area contributed by atoms with E-state index < -0.39 is 10.2 Å². The first-order chi connectivity index (χ1) is 11.3. The molecule has 2 aliphatic rings. The van der Waals surface area contributed by atoms with Gasteiger partial charge in [0.25, 0.3) is 0 Å². The predicted molar refractivity (Wildman–Crippen MR) is 88.8 cm³/mol. The van der Waals surface area contributed by atoms with Gasteiger partial charge in [-0.2, -0.15) is 8.42 Å². The molecule has 0 aromatic heterocycles. The van der Waals surface area contributed by atoms with Crippen LogP contribution in [0.1, 0.15) is 31.2 Å². The quantitative estimate of drug-likeness (QED) is 0.779. The van der Waals surface area contributed by atoms with Crippen molar-refractivity contribution in [2.24, 2.45) is 0 Å². The van der Waals surface area contributed by atoms with Gasteiger partial charge in [-0.05, 0) is 50.4 Å². The number of amides is 1. The molecule has 2 fully saturated rings. The van der Waals surface area contributed by atoms with Gasteiger partial charge in [0.2, 0.25) is 5.91 Å². The molecule has 132 valence electrons. The number of nitrogens with zero attached hydrogens (tertiary/aromatic N) is 2. The van der Waals surface area contributed by atoms with Gasteiger partial charge in [0.05, 0.1) is 11.3 Å². The maximum atomic E-state index is 12.9. The third-order valence-electron chi connectivity index (χ3n) is 5.38. The number of halogens is 1. The highest BCUT2D eigenvalue weighted by Crippen LogP contribution is 2.38. The van der Waals surface area contributed by atoms with Crippen molar-refractivity contribution < 1.29 is 17.1 Å². The Balaban J connectivity index is 1.70. The van der Waals surface area contributed by atoms with Crippen molar-refractivity contribution in [3.63, 3.8) is 0 Å². The monoisotopic (exact) mass is 354 g/mol. The molecule has 1 aromatic rings. The van der Waals surface area contributed by atoms with Gasteiger partial charge in [-0.25, -0.2) is 0 Å². The number of carbonyl (C=O) groups excluding carboxylic acids is 1. The minimum absolute atomic E-state index is 0.00812. The fraction of sp³-hybridized carbons (Fsp3) is 0.588. The molecule has 5 nitrogen and oxygen atoms in total. The lowest BCUT2D eigenvalue weighted by Gasteiger charge is -2.44. The predicted octanol–water partition coefficient (Wildman–Crippen LogP) is 1.97. The van der Waals surface area contributed by atoms with Crippen LogP contribution in [0.15, 0.2) is 29.2 Å². The minimum Gasteiger partial charge on any atom is -0.337 e. The lowest BCUT2D eigenvalue weighted by molar-refractivity contribution is -0.136. The van der Waals surface area contributed by atoms with Gasteiger partial charge in [0.1, 0.15) is 0 Å². The lowest BCUT2D eigenvalue weighted by Crippen LogP contribution is -2.53. The van der Waals surface area contributed by atoms with E-state index in [-0.39, 0.29) is 22.8 Å². The summed E-state index contributed by atoms with van der Waals surface area (Å²) in [5.74, 6) is 0.0768. The van der Waals surface area contributed by atoms with E-state index in [1.165, 1.54) is 24.3 Å². The van der Waals surface area contributed by atoms with Crippen LogP contribution in [-0.2, 0) is 21.4 Å². The Kier molecular flexibility index (Phi) is 4.66. The topological polar surface area (TPSA) is 57.7 Å². The molecule has 1 aromatic carbocycles. The van der Waals surface area contributed by atoms with E-state index in [1.807, 2.05) is 4.90 Å². The van der Waals surface area contributed by atoms with Crippen molar-refractivity contribution in [3.8, 4) is 0 Å². The van der Waals surface area contributed by atoms with E-state index in [4.69, 9.17) is 0 Å². The lowest BCUT2D eigenvalue weighted by atomic mass is 9.85. The molecular formula is C17H23FN2O3S. The Morgan fingerprint density at radius 2 is 1.75 bits per heavy atom. The number of hydrogen-bond donors (Lipinski definition) is 0. The molecule has 0 saturated carbocycles. The second-order valence-electron chi connectivity index (χ2n) is 6.94. The number of hydrogen-bond acceptors (Lipinski definition) is 4. The van der Waals surface area contributed by atoms with Gasteiger partial charge >= 0.3 is 10.2 Å². The molecule has 2 saturated heterocycles. The summed E-state index contributed by atoms with van der Waals surface area (Å²) in [6.45, 7) is 2.80. The maximum Gasteiger partial charge on any atom is 0.332 e. The average Bonchev–Trinajstić information content (AvgIpc) is 2.94. The Morgan fingerprint density at radius 1 is 1.12 bits per heavy atom. The fourth-order valence-corrected chi connectivity index (χ4v) is 4.38. The molecule has 0 N–H and O–H groups in total. The molecule has 0 aliphatic carbocycles. The third kappa shape index (κ3) is 3.47. The standard InChI is InChI=1S/C17H23FN2O3S/c1-19-11-8-17(9-12-19)7-2-10-20(17)16(21)13-14-3-5-15(6-4-14)24(18,22)23/h3-6H,2,7-13H2,1H3. The molecule has 2 aliphatic heterocycles. The van der Waals surface area contributed by atoms with Crippen LogP contribution < -0.4 is 0 Å². The largest absolute Gasteiger partial charge is 0.337 e. The number of rotatable bonds is 3. The number of benzene rings is 1. The summed E-state index contributed by atoms with van der Waals surface area (Å²) in [5, 5.41) is 0. The van der Waals surface area contributed by atoms with Crippen LogP contribution in [0.3, 0.4) is 0 Å². The molecule has 24 heavy (non-hydrogen) atoms. The van der Waals surface area contributed by atoms with Gasteiger partial charge in [0, 0.05) is 25.2 Å². The van der Waals surface area contributed by atoms with E-state index in [2.05, 4.69) is 11.9 Å². The summed E-state index contributed by atoms with van der Waals surface area (Å²) >= 11 is 0. The van der Waals surface area contributed by atoms with Gasteiger partial charge in [0.15, 0.2) is 0 Å². The molecule has 3 rings (SSSR count). The minimum atomic E-state index is -4.69. The summed E-state index contributed by atoms with van der Waals surface area (Å²) in [5.41, 5.74) is 0.702. The first-order valence-corrected chi connectivity index (χ1v) is 9.71. The van der Waals surface area contributed by atoms with E-state index >= 15 is 0 Å². The van der Waals surface area contributed by atoms with Crippen molar-refractivity contribution in [2.45, 2.75) is 42.5 Å². The molecule has 0 atom stereocenters. The zero-order valence-electron chi connectivity index (χ0n) is 13.9. The Hall–Kier alpha value is -1.47. The first kappa shape index (κ1) is 17.4. The Morgan fingerprint density at radius 3 is 2.33 bits per heavy atom. The van der Waals surface area contributed by atoms with Crippen LogP contribution >= 0.6 is 0 Å². The van der Waals surface area contributed by atoms with Crippen LogP contribution in [0.2, 0.25) is 0 Å². The van der Waals surface area contributed by atoms with E-state index in [9.17, 15) is 17.1 Å². The van der Waals surface area contributed by atoms with Crippen molar-refractivity contribution in [2.75, 3.05) is 26.7 Å². The molecule has 1 spiro atoms. The summed E-state index contributed by atoms with van der Waals surface area (Å²) in [4.78, 5) is 16.7. The van der Waals surface area contributed by atoms with Crippen LogP contribution in [0, 0.1) is 0 Å². The molecule has 1 amide bonds. The van der Waals surface area contributed by atoms with Crippen LogP contribution in [0.4, 0.5) is 3.89 Å². The van der Waals surface area contributed by atoms with Crippen molar-refractivity contribution in [3.05, 3.63) is 29.8 Å². The van der Waals surface area contributed by atoms with E-state index in [0.29, 0.717) is 5.56 Å². The van der Waals surface area contributed by atoms with E-state index in [0.717, 1.165) is 45.3 Å². The van der Waals surface area contributed by atoms with Crippen molar-refractivity contribution in [1.29, 1.82) is 0 Å². The summed E-state index contributed by atoms with van der Waals surface area (Å²) in [6, 6.07) is 5.46. The molecule has 0 bridgehead atoms. The Labute approximate surface area is 142 Å². The van der Waals surface area contributed by atoms with Gasteiger partial charge in [-0.15, -0.1) is 3.89 Å². The van der Waals surface area contributed by atoms with Crippen molar-refractivity contribution >= 4 is 16.1 Å². The van der Waals surface area contributed by atoms with Gasteiger partial charge < -0.3 is 9.80 Å². The smallest absolute Gasteiger partial charge is 0.332 e. The fourth-order valence-electron chi connectivity index (χ4n) is 3.92. The number of piperidine rings is 1. The van der Waals surface area contributed by atoms with Gasteiger partial charge in [-0.1, -0.05) is 12.1 Å².